The molecule has 1 N–H and O–H groups in total. The Morgan fingerprint density at radius 1 is 1.12 bits per heavy atom. The van der Waals surface area contributed by atoms with Gasteiger partial charge in [0.05, 0.1) is 0 Å². The second kappa shape index (κ2) is 5.87. The minimum atomic E-state index is -0.884. The van der Waals surface area contributed by atoms with E-state index in [4.69, 9.17) is 0 Å². The van der Waals surface area contributed by atoms with Crippen LogP contribution in [0, 0.1) is 40.4 Å². The predicted octanol–water partition coefficient (Wildman–Crippen LogP) is 3.72. The molecule has 0 radical (unpaired) electrons. The lowest BCUT2D eigenvalue weighted by Crippen LogP contribution is -2.57. The van der Waals surface area contributed by atoms with Crippen LogP contribution in [0.5, 0.6) is 0 Å². The number of alkyl halides is 1. The van der Waals surface area contributed by atoms with Crippen LogP contribution < -0.4 is 0 Å². The Balaban J connectivity index is 1.64. The molecule has 4 rings (SSSR count). The normalized spacial score (nSPS) is 52.2. The van der Waals surface area contributed by atoms with Crippen LogP contribution >= 0.6 is 0 Å². The summed E-state index contributed by atoms with van der Waals surface area (Å²) in [6.45, 7) is 4.08. The molecule has 4 saturated carbocycles. The highest BCUT2D eigenvalue weighted by atomic mass is 19.1. The Labute approximate surface area is 149 Å². The number of carbonyl (C=O) groups is 2. The third-order valence-electron chi connectivity index (χ3n) is 9.00. The molecule has 0 heterocycles. The van der Waals surface area contributed by atoms with Gasteiger partial charge in [-0.25, -0.2) is 4.39 Å². The lowest BCUT2D eigenvalue weighted by atomic mass is 9.44. The van der Waals surface area contributed by atoms with E-state index in [1.807, 2.05) is 0 Å². The summed E-state index contributed by atoms with van der Waals surface area (Å²) in [6, 6.07) is 0. The van der Waals surface area contributed by atoms with E-state index >= 15 is 4.39 Å². The molecule has 4 fully saturated rings. The lowest BCUT2D eigenvalue weighted by molar-refractivity contribution is -0.156. The summed E-state index contributed by atoms with van der Waals surface area (Å²) in [7, 11) is 0. The van der Waals surface area contributed by atoms with Crippen molar-refractivity contribution in [3.63, 3.8) is 0 Å². The first-order valence-corrected chi connectivity index (χ1v) is 10.1. The van der Waals surface area contributed by atoms with Crippen molar-refractivity contribution in [2.45, 2.75) is 71.4 Å². The highest BCUT2D eigenvalue weighted by Crippen LogP contribution is 2.67. The summed E-state index contributed by atoms with van der Waals surface area (Å²) in [5, 5.41) is 9.35. The Hall–Kier alpha value is -0.770. The summed E-state index contributed by atoms with van der Waals surface area (Å²) in [4.78, 5) is 24.2. The van der Waals surface area contributed by atoms with Gasteiger partial charge in [-0.2, -0.15) is 0 Å². The minimum Gasteiger partial charge on any atom is -0.389 e. The average molecular weight is 350 g/mol. The van der Waals surface area contributed by atoms with E-state index in [-0.39, 0.29) is 40.8 Å². The van der Waals surface area contributed by atoms with Gasteiger partial charge in [0.25, 0.3) is 0 Å². The van der Waals surface area contributed by atoms with E-state index in [1.165, 1.54) is 0 Å². The van der Waals surface area contributed by atoms with Crippen LogP contribution in [0.4, 0.5) is 4.39 Å². The van der Waals surface area contributed by atoms with E-state index in [0.717, 1.165) is 32.1 Å². The molecule has 8 atom stereocenters. The molecule has 0 aliphatic heterocycles. The molecule has 0 unspecified atom stereocenters. The number of rotatable bonds is 2. The summed E-state index contributed by atoms with van der Waals surface area (Å²) in [5.41, 5.74) is -0.134. The van der Waals surface area contributed by atoms with Crippen LogP contribution in [-0.2, 0) is 9.59 Å². The first-order valence-electron chi connectivity index (χ1n) is 10.1. The molecule has 0 amide bonds. The summed E-state index contributed by atoms with van der Waals surface area (Å²) in [6.07, 6.45) is 5.43. The number of aliphatic hydroxyl groups is 1. The molecular weight excluding hydrogens is 319 g/mol. The van der Waals surface area contributed by atoms with Gasteiger partial charge in [-0.3, -0.25) is 9.59 Å². The second-order valence-corrected chi connectivity index (χ2v) is 9.78. The van der Waals surface area contributed by atoms with Crippen molar-refractivity contribution in [3.8, 4) is 0 Å². The quantitative estimate of drug-likeness (QED) is 0.826. The third kappa shape index (κ3) is 2.39. The highest BCUT2D eigenvalue weighted by Gasteiger charge is 2.63. The molecule has 4 heteroatoms. The molecule has 0 aromatic rings. The number of halogens is 1. The standard InChI is InChI=1S/C21H31FO3/c1-20-8-6-15-13(14(20)3-4-16(20)19(25)11-23)10-18(22)17-9-12(24)5-7-21(15,17)2/h13-18,23H,3-11H2,1-2H3/t13-,14-,15-,16+,17-,18-,20-,21+/m0/s1. The van der Waals surface area contributed by atoms with Crippen molar-refractivity contribution in [3.05, 3.63) is 0 Å². The van der Waals surface area contributed by atoms with Gasteiger partial charge in [0.1, 0.15) is 18.6 Å². The fraction of sp³-hybridized carbons (Fsp3) is 0.905. The molecule has 25 heavy (non-hydrogen) atoms. The van der Waals surface area contributed by atoms with Crippen LogP contribution in [0.15, 0.2) is 0 Å². The molecule has 0 aromatic heterocycles. The highest BCUT2D eigenvalue weighted by molar-refractivity contribution is 5.83. The molecule has 0 bridgehead atoms. The number of ketones is 2. The zero-order valence-electron chi connectivity index (χ0n) is 15.5. The summed E-state index contributed by atoms with van der Waals surface area (Å²) >= 11 is 0. The van der Waals surface area contributed by atoms with E-state index < -0.39 is 6.17 Å². The molecule has 140 valence electrons. The van der Waals surface area contributed by atoms with E-state index in [2.05, 4.69) is 13.8 Å². The van der Waals surface area contributed by atoms with Crippen LogP contribution in [0.2, 0.25) is 0 Å². The van der Waals surface area contributed by atoms with E-state index in [1.54, 1.807) is 0 Å². The van der Waals surface area contributed by atoms with Gasteiger partial charge in [-0.15, -0.1) is 0 Å². The molecule has 4 aliphatic carbocycles. The largest absolute Gasteiger partial charge is 0.389 e. The topological polar surface area (TPSA) is 54.4 Å². The fourth-order valence-electron chi connectivity index (χ4n) is 7.67. The van der Waals surface area contributed by atoms with Crippen LogP contribution in [0.3, 0.4) is 0 Å². The Morgan fingerprint density at radius 2 is 1.84 bits per heavy atom. The second-order valence-electron chi connectivity index (χ2n) is 9.78. The first-order chi connectivity index (χ1) is 11.8. The van der Waals surface area contributed by atoms with Crippen LogP contribution in [0.1, 0.15) is 65.2 Å². The summed E-state index contributed by atoms with van der Waals surface area (Å²) in [5.74, 6) is 1.26. The number of hydrogen-bond acceptors (Lipinski definition) is 3. The SMILES string of the molecule is C[C@]12CCC(=O)C[C@H]1[C@@H](F)C[C@@H]1[C@@H]2CC[C@]2(C)[C@@H](C(=O)CO)CC[C@@H]12. The van der Waals surface area contributed by atoms with Gasteiger partial charge < -0.3 is 5.11 Å². The monoisotopic (exact) mass is 350 g/mol. The Kier molecular flexibility index (Phi) is 4.14. The van der Waals surface area contributed by atoms with Gasteiger partial charge in [0, 0.05) is 24.7 Å². The summed E-state index contributed by atoms with van der Waals surface area (Å²) < 4.78 is 15.2. The number of carbonyl (C=O) groups excluding carboxylic acids is 2. The van der Waals surface area contributed by atoms with Gasteiger partial charge in [0.15, 0.2) is 5.78 Å². The Bertz CT molecular complexity index is 590. The van der Waals surface area contributed by atoms with Crippen LogP contribution in [-0.4, -0.2) is 29.5 Å². The zero-order chi connectivity index (χ0) is 18.0. The van der Waals surface area contributed by atoms with Gasteiger partial charge in [-0.1, -0.05) is 13.8 Å². The lowest BCUT2D eigenvalue weighted by Gasteiger charge is -2.60. The van der Waals surface area contributed by atoms with Crippen LogP contribution in [0.25, 0.3) is 0 Å². The molecule has 0 saturated heterocycles. The maximum Gasteiger partial charge on any atom is 0.161 e. The minimum absolute atomic E-state index is 0.0246. The molecule has 0 aromatic carbocycles. The van der Waals surface area contributed by atoms with Crippen molar-refractivity contribution in [1.29, 1.82) is 0 Å². The van der Waals surface area contributed by atoms with E-state index in [0.29, 0.717) is 37.0 Å². The number of Topliss-reactive ketones (excluding diaryl/α,β-unsaturated/α-hetero) is 2. The predicted molar refractivity (Wildman–Crippen MR) is 92.6 cm³/mol. The third-order valence-corrected chi connectivity index (χ3v) is 9.00. The fourth-order valence-corrected chi connectivity index (χ4v) is 7.67. The van der Waals surface area contributed by atoms with Crippen molar-refractivity contribution in [2.24, 2.45) is 40.4 Å². The molecule has 0 spiro atoms. The Morgan fingerprint density at radius 3 is 2.56 bits per heavy atom. The van der Waals surface area contributed by atoms with Gasteiger partial charge in [-0.05, 0) is 67.1 Å². The number of hydrogen-bond donors (Lipinski definition) is 1. The van der Waals surface area contributed by atoms with Gasteiger partial charge >= 0.3 is 0 Å². The van der Waals surface area contributed by atoms with Gasteiger partial charge in [0.2, 0.25) is 0 Å². The van der Waals surface area contributed by atoms with Crippen molar-refractivity contribution < 1.29 is 19.1 Å². The maximum atomic E-state index is 15.2. The van der Waals surface area contributed by atoms with Crippen molar-refractivity contribution in [1.82, 2.24) is 0 Å². The smallest absolute Gasteiger partial charge is 0.161 e. The number of aliphatic hydroxyl groups excluding tert-OH is 1. The first kappa shape index (κ1) is 17.6. The van der Waals surface area contributed by atoms with Crippen molar-refractivity contribution in [2.75, 3.05) is 6.61 Å². The zero-order valence-corrected chi connectivity index (χ0v) is 15.5. The molecule has 3 nitrogen and oxygen atoms in total. The molecule has 4 aliphatic rings. The molecular formula is C21H31FO3. The average Bonchev–Trinajstić information content (AvgIpc) is 2.93. The van der Waals surface area contributed by atoms with E-state index in [9.17, 15) is 14.7 Å². The number of fused-ring (bicyclic) bond motifs is 5. The maximum absolute atomic E-state index is 15.2. The van der Waals surface area contributed by atoms with Crippen molar-refractivity contribution >= 4 is 11.6 Å².